The highest BCUT2D eigenvalue weighted by molar-refractivity contribution is 8.04. The molecule has 1 aromatic carbocycles. The van der Waals surface area contributed by atoms with Gasteiger partial charge in [-0.3, -0.25) is 4.79 Å². The highest BCUT2D eigenvalue weighted by Gasteiger charge is 2.36. The number of nitrogens with one attached hydrogen (secondary N) is 1. The summed E-state index contributed by atoms with van der Waals surface area (Å²) in [5.41, 5.74) is 2.68. The Labute approximate surface area is 197 Å². The van der Waals surface area contributed by atoms with Crippen molar-refractivity contribution >= 4 is 28.9 Å². The van der Waals surface area contributed by atoms with E-state index in [9.17, 15) is 9.90 Å². The molecule has 0 radical (unpaired) electrons. The number of rotatable bonds is 9. The van der Waals surface area contributed by atoms with Gasteiger partial charge in [0, 0.05) is 22.4 Å². The topological polar surface area (TPSA) is 70.9 Å². The van der Waals surface area contributed by atoms with Crippen LogP contribution < -0.4 is 10.1 Å². The summed E-state index contributed by atoms with van der Waals surface area (Å²) in [7, 11) is 0. The van der Waals surface area contributed by atoms with Gasteiger partial charge < -0.3 is 15.2 Å². The monoisotopic (exact) mass is 458 g/mol. The quantitative estimate of drug-likeness (QED) is 0.449. The molecule has 2 unspecified atom stereocenters. The van der Waals surface area contributed by atoms with E-state index in [0.717, 1.165) is 35.6 Å². The number of phenolic OH excluding ortho intramolecular Hbond substituents is 1. The molecule has 2 N–H and O–H groups in total. The first-order chi connectivity index (χ1) is 15.2. The molecule has 2 aliphatic rings. The minimum atomic E-state index is -0.136. The predicted molar refractivity (Wildman–Crippen MR) is 134 cm³/mol. The molecule has 1 aliphatic heterocycles. The number of aromatic hydroxyl groups is 1. The Hall–Kier alpha value is -1.95. The Morgan fingerprint density at radius 1 is 1.34 bits per heavy atom. The van der Waals surface area contributed by atoms with Gasteiger partial charge in [0.2, 0.25) is 0 Å². The predicted octanol–water partition coefficient (Wildman–Crippen LogP) is 6.39. The van der Waals surface area contributed by atoms with Crippen LogP contribution in [0.5, 0.6) is 11.5 Å². The SMILES string of the molecule is CCCCC(CC)COc1ccc(/N=C2\CC(C)(C)CC3=C2SCC(C(C)=O)N3)c(O)c1. The van der Waals surface area contributed by atoms with Crippen LogP contribution in [0.1, 0.15) is 73.1 Å². The highest BCUT2D eigenvalue weighted by atomic mass is 32.2. The number of nitrogens with zero attached hydrogens (tertiary/aromatic N) is 1. The molecule has 5 nitrogen and oxygen atoms in total. The molecule has 0 amide bonds. The Morgan fingerprint density at radius 2 is 2.12 bits per heavy atom. The van der Waals surface area contributed by atoms with Gasteiger partial charge >= 0.3 is 0 Å². The third kappa shape index (κ3) is 6.31. The van der Waals surface area contributed by atoms with Crippen LogP contribution >= 0.6 is 11.8 Å². The van der Waals surface area contributed by atoms with Crippen LogP contribution in [-0.4, -0.2) is 35.0 Å². The van der Waals surface area contributed by atoms with Crippen molar-refractivity contribution in [2.45, 2.75) is 79.2 Å². The van der Waals surface area contributed by atoms with Crippen LogP contribution in [-0.2, 0) is 4.79 Å². The van der Waals surface area contributed by atoms with Crippen molar-refractivity contribution in [2.75, 3.05) is 12.4 Å². The number of unbranched alkanes of at least 4 members (excludes halogenated alkanes) is 1. The van der Waals surface area contributed by atoms with Crippen LogP contribution in [0.2, 0.25) is 0 Å². The molecule has 0 saturated heterocycles. The number of ether oxygens (including phenoxy) is 1. The van der Waals surface area contributed by atoms with E-state index in [0.29, 0.717) is 29.7 Å². The minimum absolute atomic E-state index is 0.0379. The molecule has 176 valence electrons. The highest BCUT2D eigenvalue weighted by Crippen LogP contribution is 2.44. The fourth-order valence-electron chi connectivity index (χ4n) is 4.29. The molecule has 0 fully saturated rings. The Kier molecular flexibility index (Phi) is 8.32. The minimum Gasteiger partial charge on any atom is -0.506 e. The van der Waals surface area contributed by atoms with Crippen molar-refractivity contribution in [3.63, 3.8) is 0 Å². The van der Waals surface area contributed by atoms with Crippen LogP contribution in [0.15, 0.2) is 33.8 Å². The van der Waals surface area contributed by atoms with Crippen molar-refractivity contribution in [3.05, 3.63) is 28.8 Å². The summed E-state index contributed by atoms with van der Waals surface area (Å²) in [5.74, 6) is 2.24. The third-order valence-corrected chi connectivity index (χ3v) is 7.57. The number of benzene rings is 1. The van der Waals surface area contributed by atoms with Gasteiger partial charge in [0.05, 0.1) is 18.4 Å². The summed E-state index contributed by atoms with van der Waals surface area (Å²) in [6, 6.07) is 5.27. The van der Waals surface area contributed by atoms with Gasteiger partial charge in [0.1, 0.15) is 17.2 Å². The van der Waals surface area contributed by atoms with Gasteiger partial charge in [-0.2, -0.15) is 0 Å². The number of Topliss-reactive ketones (excluding diaryl/α,β-unsaturated/α-hetero) is 1. The number of hydrogen-bond acceptors (Lipinski definition) is 6. The van der Waals surface area contributed by atoms with E-state index >= 15 is 0 Å². The first kappa shape index (κ1) is 24.7. The van der Waals surface area contributed by atoms with E-state index in [1.165, 1.54) is 19.3 Å². The van der Waals surface area contributed by atoms with E-state index in [1.54, 1.807) is 24.8 Å². The van der Waals surface area contributed by atoms with Gasteiger partial charge in [0.15, 0.2) is 5.78 Å². The van der Waals surface area contributed by atoms with Crippen LogP contribution in [0.4, 0.5) is 5.69 Å². The Morgan fingerprint density at radius 3 is 2.78 bits per heavy atom. The number of carbonyl (C=O) groups is 1. The van der Waals surface area contributed by atoms with Gasteiger partial charge in [-0.15, -0.1) is 11.8 Å². The molecule has 6 heteroatoms. The maximum absolute atomic E-state index is 11.9. The van der Waals surface area contributed by atoms with E-state index < -0.39 is 0 Å². The lowest BCUT2D eigenvalue weighted by Gasteiger charge is -2.38. The molecule has 2 atom stereocenters. The summed E-state index contributed by atoms with van der Waals surface area (Å²) in [4.78, 5) is 17.9. The fraction of sp³-hybridized carbons (Fsp3) is 0.615. The molecule has 32 heavy (non-hydrogen) atoms. The fourth-order valence-corrected chi connectivity index (χ4v) is 5.53. The van der Waals surface area contributed by atoms with Crippen LogP contribution in [0.25, 0.3) is 0 Å². The Bertz CT molecular complexity index is 891. The molecule has 0 bridgehead atoms. The maximum Gasteiger partial charge on any atom is 0.152 e. The van der Waals surface area contributed by atoms with Crippen molar-refractivity contribution in [1.29, 1.82) is 0 Å². The second-order valence-electron chi connectivity index (χ2n) is 9.88. The lowest BCUT2D eigenvalue weighted by molar-refractivity contribution is -0.118. The van der Waals surface area contributed by atoms with E-state index in [-0.39, 0.29) is 23.0 Å². The summed E-state index contributed by atoms with van der Waals surface area (Å²) in [6.45, 7) is 11.2. The van der Waals surface area contributed by atoms with Crippen molar-refractivity contribution < 1.29 is 14.6 Å². The molecular weight excluding hydrogens is 420 g/mol. The van der Waals surface area contributed by atoms with Crippen LogP contribution in [0.3, 0.4) is 0 Å². The normalized spacial score (nSPS) is 22.3. The molecule has 0 saturated carbocycles. The average Bonchev–Trinajstić information content (AvgIpc) is 2.74. The van der Waals surface area contributed by atoms with Gasteiger partial charge in [-0.1, -0.05) is 47.0 Å². The number of phenols is 1. The Balaban J connectivity index is 1.78. The smallest absolute Gasteiger partial charge is 0.152 e. The van der Waals surface area contributed by atoms with Gasteiger partial charge in [0.25, 0.3) is 0 Å². The second kappa shape index (κ2) is 10.8. The lowest BCUT2D eigenvalue weighted by Crippen LogP contribution is -2.44. The number of hydrogen-bond donors (Lipinski definition) is 2. The summed E-state index contributed by atoms with van der Waals surface area (Å²) >= 11 is 1.70. The first-order valence-corrected chi connectivity index (χ1v) is 12.9. The largest absolute Gasteiger partial charge is 0.506 e. The zero-order chi connectivity index (χ0) is 23.3. The second-order valence-corrected chi connectivity index (χ2v) is 10.9. The van der Waals surface area contributed by atoms with Crippen molar-refractivity contribution in [3.8, 4) is 11.5 Å². The molecule has 0 aromatic heterocycles. The summed E-state index contributed by atoms with van der Waals surface area (Å²) in [6.07, 6.45) is 6.42. The molecular formula is C26H38N2O3S. The number of thioether (sulfide) groups is 1. The first-order valence-electron chi connectivity index (χ1n) is 11.9. The van der Waals surface area contributed by atoms with Crippen molar-refractivity contribution in [1.82, 2.24) is 5.32 Å². The number of allylic oxidation sites excluding steroid dienone is 2. The molecule has 0 spiro atoms. The molecule has 1 aromatic rings. The third-order valence-electron chi connectivity index (χ3n) is 6.30. The average molecular weight is 459 g/mol. The van der Waals surface area contributed by atoms with E-state index in [2.05, 4.69) is 33.0 Å². The standard InChI is InChI=1S/C26H38N2O3S/c1-6-8-9-18(7-2)15-31-19-10-11-20(24(30)12-19)27-21-13-26(4,5)14-22-25(21)32-16-23(28-22)17(3)29/h10-12,18,23,28,30H,6-9,13-16H2,1-5H3/b27-21+. The van der Waals surface area contributed by atoms with Gasteiger partial charge in [-0.05, 0) is 49.7 Å². The maximum atomic E-state index is 11.9. The number of ketones is 1. The lowest BCUT2D eigenvalue weighted by atomic mass is 9.78. The number of carbonyl (C=O) groups excluding carboxylic acids is 1. The van der Waals surface area contributed by atoms with Crippen molar-refractivity contribution in [2.24, 2.45) is 16.3 Å². The van der Waals surface area contributed by atoms with E-state index in [4.69, 9.17) is 9.73 Å². The zero-order valence-corrected chi connectivity index (χ0v) is 21.0. The molecule has 1 aliphatic carbocycles. The van der Waals surface area contributed by atoms with Gasteiger partial charge in [-0.25, -0.2) is 4.99 Å². The summed E-state index contributed by atoms with van der Waals surface area (Å²) in [5, 5.41) is 14.1. The van der Waals surface area contributed by atoms with E-state index in [1.807, 2.05) is 12.1 Å². The molecule has 1 heterocycles. The molecule has 3 rings (SSSR count). The number of aliphatic imine (C=N–C) groups is 1. The summed E-state index contributed by atoms with van der Waals surface area (Å²) < 4.78 is 5.97. The zero-order valence-electron chi connectivity index (χ0n) is 20.2. The van der Waals surface area contributed by atoms with Crippen LogP contribution in [0, 0.1) is 11.3 Å².